The van der Waals surface area contributed by atoms with E-state index in [-0.39, 0.29) is 5.78 Å². The van der Waals surface area contributed by atoms with E-state index in [1.54, 1.807) is 13.2 Å². The molecule has 0 spiro atoms. The van der Waals surface area contributed by atoms with Crippen LogP contribution in [0.5, 0.6) is 5.75 Å². The molecule has 0 aliphatic heterocycles. The summed E-state index contributed by atoms with van der Waals surface area (Å²) in [5, 5.41) is 0. The zero-order valence-electron chi connectivity index (χ0n) is 10.5. The van der Waals surface area contributed by atoms with Crippen molar-refractivity contribution in [2.24, 2.45) is 0 Å². The summed E-state index contributed by atoms with van der Waals surface area (Å²) < 4.78 is 5.21. The molecular weight excluding hydrogens is 200 g/mol. The molecule has 0 atom stereocenters. The summed E-state index contributed by atoms with van der Waals surface area (Å²) in [6.45, 7) is 7.71. The fraction of sp³-hybridized carbons (Fsp3) is 0.357. The summed E-state index contributed by atoms with van der Waals surface area (Å²) in [7, 11) is 1.64. The van der Waals surface area contributed by atoms with Crippen LogP contribution in [0, 0.1) is 13.8 Å². The Bertz CT molecular complexity index is 438. The second kappa shape index (κ2) is 4.97. The summed E-state index contributed by atoms with van der Waals surface area (Å²) in [5.41, 5.74) is 3.70. The summed E-state index contributed by atoms with van der Waals surface area (Å²) in [6.07, 6.45) is 1.66. The van der Waals surface area contributed by atoms with Gasteiger partial charge in [-0.2, -0.15) is 0 Å². The number of benzene rings is 1. The Kier molecular flexibility index (Phi) is 3.88. The van der Waals surface area contributed by atoms with Gasteiger partial charge in [-0.3, -0.25) is 4.79 Å². The summed E-state index contributed by atoms with van der Waals surface area (Å²) in [4.78, 5) is 11.9. The predicted molar refractivity (Wildman–Crippen MR) is 66.2 cm³/mol. The second-order valence-electron chi connectivity index (χ2n) is 4.22. The van der Waals surface area contributed by atoms with Gasteiger partial charge in [-0.25, -0.2) is 0 Å². The van der Waals surface area contributed by atoms with Crippen LogP contribution in [0.15, 0.2) is 23.8 Å². The molecule has 0 N–H and O–H groups in total. The van der Waals surface area contributed by atoms with Crippen LogP contribution in [0.25, 0.3) is 0 Å². The number of ether oxygens (including phenoxy) is 1. The average molecular weight is 218 g/mol. The summed E-state index contributed by atoms with van der Waals surface area (Å²) in [5.74, 6) is 0.884. The Morgan fingerprint density at radius 2 is 1.81 bits per heavy atom. The highest BCUT2D eigenvalue weighted by Gasteiger charge is 2.09. The van der Waals surface area contributed by atoms with Gasteiger partial charge >= 0.3 is 0 Å². The van der Waals surface area contributed by atoms with E-state index < -0.39 is 0 Å². The topological polar surface area (TPSA) is 26.3 Å². The third-order valence-electron chi connectivity index (χ3n) is 2.43. The molecule has 0 saturated carbocycles. The Morgan fingerprint density at radius 1 is 1.19 bits per heavy atom. The van der Waals surface area contributed by atoms with E-state index in [9.17, 15) is 4.79 Å². The molecule has 0 bridgehead atoms. The molecule has 0 radical (unpaired) electrons. The molecule has 0 fully saturated rings. The highest BCUT2D eigenvalue weighted by atomic mass is 16.5. The maximum atomic E-state index is 11.9. The van der Waals surface area contributed by atoms with Gasteiger partial charge in [0.1, 0.15) is 5.75 Å². The largest absolute Gasteiger partial charge is 0.496 e. The number of carbonyl (C=O) groups is 1. The normalized spacial score (nSPS) is 9.81. The van der Waals surface area contributed by atoms with Gasteiger partial charge in [0.2, 0.25) is 0 Å². The lowest BCUT2D eigenvalue weighted by Crippen LogP contribution is -2.01. The first kappa shape index (κ1) is 12.5. The second-order valence-corrected chi connectivity index (χ2v) is 4.22. The predicted octanol–water partition coefficient (Wildman–Crippen LogP) is 3.46. The van der Waals surface area contributed by atoms with Crippen molar-refractivity contribution in [2.45, 2.75) is 27.7 Å². The van der Waals surface area contributed by atoms with Crippen LogP contribution in [0.2, 0.25) is 0 Å². The molecular formula is C14H18O2. The first-order valence-corrected chi connectivity index (χ1v) is 5.30. The van der Waals surface area contributed by atoms with Gasteiger partial charge in [0.05, 0.1) is 7.11 Å². The standard InChI is InChI=1S/C14H18O2/c1-9(2)6-13(15)12-7-11(4)14(16-5)8-10(12)3/h6-8H,1-5H3. The van der Waals surface area contributed by atoms with E-state index >= 15 is 0 Å². The molecule has 2 nitrogen and oxygen atoms in total. The van der Waals surface area contributed by atoms with Crippen molar-refractivity contribution in [2.75, 3.05) is 7.11 Å². The Morgan fingerprint density at radius 3 is 2.31 bits per heavy atom. The molecule has 0 heterocycles. The van der Waals surface area contributed by atoms with Crippen molar-refractivity contribution < 1.29 is 9.53 Å². The van der Waals surface area contributed by atoms with E-state index in [2.05, 4.69) is 0 Å². The molecule has 16 heavy (non-hydrogen) atoms. The van der Waals surface area contributed by atoms with Gasteiger partial charge < -0.3 is 4.74 Å². The summed E-state index contributed by atoms with van der Waals surface area (Å²) >= 11 is 0. The van der Waals surface area contributed by atoms with E-state index in [1.165, 1.54) is 0 Å². The van der Waals surface area contributed by atoms with Crippen LogP contribution in [-0.4, -0.2) is 12.9 Å². The number of rotatable bonds is 3. The third kappa shape index (κ3) is 2.72. The Balaban J connectivity index is 3.21. The molecule has 2 heteroatoms. The fourth-order valence-corrected chi connectivity index (χ4v) is 1.62. The fourth-order valence-electron chi connectivity index (χ4n) is 1.62. The number of carbonyl (C=O) groups excluding carboxylic acids is 1. The number of methoxy groups -OCH3 is 1. The molecule has 0 aliphatic carbocycles. The lowest BCUT2D eigenvalue weighted by atomic mass is 10.00. The molecule has 1 aromatic carbocycles. The van der Waals surface area contributed by atoms with Gasteiger partial charge in [0.25, 0.3) is 0 Å². The van der Waals surface area contributed by atoms with Crippen molar-refractivity contribution in [3.8, 4) is 5.75 Å². The van der Waals surface area contributed by atoms with Gasteiger partial charge in [-0.05, 0) is 57.0 Å². The van der Waals surface area contributed by atoms with Gasteiger partial charge in [0, 0.05) is 5.56 Å². The van der Waals surface area contributed by atoms with Crippen molar-refractivity contribution in [1.29, 1.82) is 0 Å². The highest BCUT2D eigenvalue weighted by Crippen LogP contribution is 2.23. The lowest BCUT2D eigenvalue weighted by Gasteiger charge is -2.09. The van der Waals surface area contributed by atoms with Gasteiger partial charge in [-0.15, -0.1) is 0 Å². The van der Waals surface area contributed by atoms with Gasteiger partial charge in [0.15, 0.2) is 5.78 Å². The summed E-state index contributed by atoms with van der Waals surface area (Å²) in [6, 6.07) is 3.79. The molecule has 0 aromatic heterocycles. The zero-order valence-corrected chi connectivity index (χ0v) is 10.5. The van der Waals surface area contributed by atoms with E-state index in [1.807, 2.05) is 39.8 Å². The first-order valence-electron chi connectivity index (χ1n) is 5.30. The number of aryl methyl sites for hydroxylation is 2. The number of hydrogen-bond donors (Lipinski definition) is 0. The number of hydrogen-bond acceptors (Lipinski definition) is 2. The minimum Gasteiger partial charge on any atom is -0.496 e. The minimum atomic E-state index is 0.0586. The van der Waals surface area contributed by atoms with Crippen LogP contribution >= 0.6 is 0 Å². The third-order valence-corrected chi connectivity index (χ3v) is 2.43. The quantitative estimate of drug-likeness (QED) is 0.573. The number of ketones is 1. The van der Waals surface area contributed by atoms with E-state index in [4.69, 9.17) is 4.74 Å². The van der Waals surface area contributed by atoms with E-state index in [0.717, 1.165) is 28.0 Å². The SMILES string of the molecule is COc1cc(C)c(C(=O)C=C(C)C)cc1C. The first-order chi connectivity index (χ1) is 7.45. The monoisotopic (exact) mass is 218 g/mol. The molecule has 0 amide bonds. The average Bonchev–Trinajstić information content (AvgIpc) is 2.19. The minimum absolute atomic E-state index is 0.0586. The van der Waals surface area contributed by atoms with Crippen molar-refractivity contribution in [3.63, 3.8) is 0 Å². The lowest BCUT2D eigenvalue weighted by molar-refractivity contribution is 0.104. The maximum Gasteiger partial charge on any atom is 0.186 e. The van der Waals surface area contributed by atoms with Crippen LogP contribution < -0.4 is 4.74 Å². The van der Waals surface area contributed by atoms with Crippen LogP contribution in [0.4, 0.5) is 0 Å². The number of allylic oxidation sites excluding steroid dienone is 2. The zero-order chi connectivity index (χ0) is 12.3. The smallest absolute Gasteiger partial charge is 0.186 e. The molecule has 1 rings (SSSR count). The van der Waals surface area contributed by atoms with Crippen molar-refractivity contribution in [3.05, 3.63) is 40.5 Å². The molecule has 1 aromatic rings. The molecule has 0 aliphatic rings. The van der Waals surface area contributed by atoms with Gasteiger partial charge in [-0.1, -0.05) is 5.57 Å². The Labute approximate surface area is 96.9 Å². The van der Waals surface area contributed by atoms with Crippen LogP contribution in [0.1, 0.15) is 35.3 Å². The molecule has 0 unspecified atom stereocenters. The van der Waals surface area contributed by atoms with E-state index in [0.29, 0.717) is 0 Å². The maximum absolute atomic E-state index is 11.9. The Hall–Kier alpha value is -1.57. The highest BCUT2D eigenvalue weighted by molar-refractivity contribution is 6.06. The van der Waals surface area contributed by atoms with Crippen molar-refractivity contribution in [1.82, 2.24) is 0 Å². The van der Waals surface area contributed by atoms with Crippen LogP contribution in [-0.2, 0) is 0 Å². The van der Waals surface area contributed by atoms with Crippen LogP contribution in [0.3, 0.4) is 0 Å². The van der Waals surface area contributed by atoms with Crippen molar-refractivity contribution >= 4 is 5.78 Å². The molecule has 86 valence electrons. The molecule has 0 saturated heterocycles.